The van der Waals surface area contributed by atoms with Crippen LogP contribution in [-0.4, -0.2) is 64.4 Å². The summed E-state index contributed by atoms with van der Waals surface area (Å²) in [5, 5.41) is 29.2. The number of carboxylic acid groups (broad SMARTS) is 1. The van der Waals surface area contributed by atoms with E-state index in [1.165, 1.54) is 0 Å². The molecule has 2 aliphatic rings. The second-order valence-corrected chi connectivity index (χ2v) is 11.0. The molecule has 3 rings (SSSR count). The van der Waals surface area contributed by atoms with Gasteiger partial charge in [0.15, 0.2) is 0 Å². The summed E-state index contributed by atoms with van der Waals surface area (Å²) < 4.78 is 18.4. The van der Waals surface area contributed by atoms with Crippen molar-refractivity contribution in [3.63, 3.8) is 0 Å². The van der Waals surface area contributed by atoms with Crippen LogP contribution in [0.2, 0.25) is 0 Å². The molecule has 0 spiro atoms. The Labute approximate surface area is 213 Å². The van der Waals surface area contributed by atoms with Crippen LogP contribution >= 0.6 is 0 Å². The first-order valence-corrected chi connectivity index (χ1v) is 13.1. The van der Waals surface area contributed by atoms with Crippen LogP contribution in [0.25, 0.3) is 0 Å². The van der Waals surface area contributed by atoms with E-state index in [4.69, 9.17) is 19.3 Å². The second kappa shape index (κ2) is 12.5. The second-order valence-electron chi connectivity index (χ2n) is 11.0. The normalized spacial score (nSPS) is 27.1. The lowest BCUT2D eigenvalue weighted by molar-refractivity contribution is -0.158. The first-order chi connectivity index (χ1) is 17.1. The Morgan fingerprint density at radius 2 is 1.89 bits per heavy atom. The Balaban J connectivity index is 1.65. The Kier molecular flexibility index (Phi) is 9.92. The van der Waals surface area contributed by atoms with Crippen molar-refractivity contribution < 1.29 is 39.1 Å². The lowest BCUT2D eigenvalue weighted by Gasteiger charge is -2.37. The van der Waals surface area contributed by atoms with E-state index in [1.807, 2.05) is 51.1 Å². The van der Waals surface area contributed by atoms with Crippen LogP contribution in [0.4, 0.5) is 0 Å². The van der Waals surface area contributed by atoms with E-state index >= 15 is 0 Å². The Morgan fingerprint density at radius 3 is 2.56 bits per heavy atom. The summed E-state index contributed by atoms with van der Waals surface area (Å²) in [5.74, 6) is -1.33. The van der Waals surface area contributed by atoms with Gasteiger partial charge in [0.2, 0.25) is 0 Å². The minimum absolute atomic E-state index is 0.000232. The number of carbonyl (C=O) groups is 2. The predicted molar refractivity (Wildman–Crippen MR) is 133 cm³/mol. The molecule has 8 nitrogen and oxygen atoms in total. The molecule has 3 N–H and O–H groups in total. The third-order valence-electron chi connectivity index (χ3n) is 8.02. The Morgan fingerprint density at radius 1 is 1.17 bits per heavy atom. The molecule has 1 aromatic carbocycles. The predicted octanol–water partition coefficient (Wildman–Crippen LogP) is 3.71. The molecule has 0 radical (unpaired) electrons. The first-order valence-electron chi connectivity index (χ1n) is 13.1. The number of carboxylic acids is 1. The zero-order chi connectivity index (χ0) is 26.3. The number of rotatable bonds is 15. The molecule has 8 heteroatoms. The number of esters is 1. The molecule has 2 heterocycles. The van der Waals surface area contributed by atoms with Crippen molar-refractivity contribution in [3.8, 4) is 0 Å². The number of aliphatic hydroxyl groups is 2. The number of ether oxygens (including phenoxy) is 3. The lowest BCUT2D eigenvalue weighted by Crippen LogP contribution is -2.44. The molecule has 36 heavy (non-hydrogen) atoms. The van der Waals surface area contributed by atoms with Crippen LogP contribution in [0.15, 0.2) is 30.3 Å². The highest BCUT2D eigenvalue weighted by molar-refractivity contribution is 5.75. The summed E-state index contributed by atoms with van der Waals surface area (Å²) in [6.45, 7) is 6.93. The Hall–Kier alpha value is -2.00. The Bertz CT molecular complexity index is 856. The fourth-order valence-corrected chi connectivity index (χ4v) is 5.42. The molecule has 6 atom stereocenters. The number of aliphatic hydroxyl groups excluding tert-OH is 2. The van der Waals surface area contributed by atoms with Crippen molar-refractivity contribution >= 4 is 11.9 Å². The fourth-order valence-electron chi connectivity index (χ4n) is 5.42. The van der Waals surface area contributed by atoms with Gasteiger partial charge in [-0.3, -0.25) is 9.59 Å². The molecule has 2 bridgehead atoms. The van der Waals surface area contributed by atoms with E-state index in [0.717, 1.165) is 18.4 Å². The summed E-state index contributed by atoms with van der Waals surface area (Å²) in [6.07, 6.45) is 0.930. The van der Waals surface area contributed by atoms with Crippen LogP contribution in [0.1, 0.15) is 71.3 Å². The van der Waals surface area contributed by atoms with Crippen LogP contribution in [-0.2, 0) is 30.4 Å². The molecule has 0 saturated carbocycles. The topological polar surface area (TPSA) is 123 Å². The molecule has 1 aromatic rings. The summed E-state index contributed by atoms with van der Waals surface area (Å²) in [7, 11) is 0. The molecular formula is C28H42O8. The van der Waals surface area contributed by atoms with Gasteiger partial charge >= 0.3 is 11.9 Å². The number of carbonyl (C=O) groups excluding carboxylic acids is 1. The molecule has 0 aliphatic carbocycles. The molecule has 2 aliphatic heterocycles. The van der Waals surface area contributed by atoms with Crippen molar-refractivity contribution in [1.82, 2.24) is 0 Å². The van der Waals surface area contributed by atoms with E-state index in [0.29, 0.717) is 32.5 Å². The number of benzene rings is 1. The van der Waals surface area contributed by atoms with Crippen molar-refractivity contribution in [2.45, 2.75) is 96.2 Å². The zero-order valence-electron chi connectivity index (χ0n) is 21.7. The monoisotopic (exact) mass is 506 g/mol. The quantitative estimate of drug-likeness (QED) is 0.308. The maximum atomic E-state index is 12.7. The van der Waals surface area contributed by atoms with E-state index in [9.17, 15) is 19.8 Å². The largest absolute Gasteiger partial charge is 0.481 e. The molecule has 0 unspecified atom stereocenters. The summed E-state index contributed by atoms with van der Waals surface area (Å²) in [4.78, 5) is 23.6. The standard InChI is InChI=1S/C28H42O8/c1-4-27(2,3)26(33)35-18-23-22(17-34-16-19-8-6-5-7-9-19)24-11-13-28(23,36-24)12-10-20(29)14-21(30)15-25(31)32/h5-9,20-24,29-30H,4,10-18H2,1-3H3,(H,31,32)/t20-,21-,22+,23-,24-,28-/m1/s1. The average molecular weight is 507 g/mol. The minimum atomic E-state index is -1.10. The lowest BCUT2D eigenvalue weighted by atomic mass is 9.70. The third-order valence-corrected chi connectivity index (χ3v) is 8.02. The highest BCUT2D eigenvalue weighted by Gasteiger charge is 2.59. The van der Waals surface area contributed by atoms with Crippen LogP contribution in [0.3, 0.4) is 0 Å². The van der Waals surface area contributed by atoms with Crippen LogP contribution < -0.4 is 0 Å². The molecule has 0 aromatic heterocycles. The van der Waals surface area contributed by atoms with Gasteiger partial charge in [-0.25, -0.2) is 0 Å². The maximum absolute atomic E-state index is 12.7. The minimum Gasteiger partial charge on any atom is -0.481 e. The number of fused-ring (bicyclic) bond motifs is 2. The molecular weight excluding hydrogens is 464 g/mol. The summed E-state index contributed by atoms with van der Waals surface area (Å²) >= 11 is 0. The van der Waals surface area contributed by atoms with Crippen LogP contribution in [0.5, 0.6) is 0 Å². The van der Waals surface area contributed by atoms with Gasteiger partial charge in [-0.15, -0.1) is 0 Å². The number of hydrogen-bond donors (Lipinski definition) is 3. The van der Waals surface area contributed by atoms with Crippen molar-refractivity contribution in [2.75, 3.05) is 13.2 Å². The zero-order valence-corrected chi connectivity index (χ0v) is 21.7. The van der Waals surface area contributed by atoms with E-state index in [2.05, 4.69) is 0 Å². The van der Waals surface area contributed by atoms with Gasteiger partial charge in [0.25, 0.3) is 0 Å². The summed E-state index contributed by atoms with van der Waals surface area (Å²) in [6, 6.07) is 9.96. The van der Waals surface area contributed by atoms with Crippen molar-refractivity contribution in [1.29, 1.82) is 0 Å². The van der Waals surface area contributed by atoms with Gasteiger partial charge in [-0.2, -0.15) is 0 Å². The van der Waals surface area contributed by atoms with Gasteiger partial charge in [-0.05, 0) is 57.9 Å². The van der Waals surface area contributed by atoms with Crippen molar-refractivity contribution in [3.05, 3.63) is 35.9 Å². The number of hydrogen-bond acceptors (Lipinski definition) is 7. The third kappa shape index (κ3) is 7.28. The van der Waals surface area contributed by atoms with Gasteiger partial charge < -0.3 is 29.5 Å². The fraction of sp³-hybridized carbons (Fsp3) is 0.714. The smallest absolute Gasteiger partial charge is 0.311 e. The molecule has 2 fully saturated rings. The van der Waals surface area contributed by atoms with Gasteiger partial charge in [-0.1, -0.05) is 37.3 Å². The van der Waals surface area contributed by atoms with Gasteiger partial charge in [0.1, 0.15) is 0 Å². The van der Waals surface area contributed by atoms with E-state index in [-0.39, 0.29) is 36.9 Å². The van der Waals surface area contributed by atoms with Gasteiger partial charge in [0.05, 0.1) is 55.6 Å². The molecule has 2 saturated heterocycles. The SMILES string of the molecule is CCC(C)(C)C(=O)OC[C@@H]1[C@H](COCc2ccccc2)[C@H]2CC[C@@]1(CC[C@@H](O)C[C@@H](O)CC(=O)O)O2. The average Bonchev–Trinajstić information content (AvgIpc) is 3.38. The maximum Gasteiger partial charge on any atom is 0.311 e. The molecule has 0 amide bonds. The number of aliphatic carboxylic acids is 1. The molecule has 202 valence electrons. The summed E-state index contributed by atoms with van der Waals surface area (Å²) in [5.41, 5.74) is -0.0191. The first kappa shape index (κ1) is 28.6. The van der Waals surface area contributed by atoms with Crippen LogP contribution in [0, 0.1) is 17.3 Å². The van der Waals surface area contributed by atoms with E-state index in [1.54, 1.807) is 0 Å². The van der Waals surface area contributed by atoms with E-state index < -0.39 is 35.6 Å². The highest BCUT2D eigenvalue weighted by atomic mass is 16.6. The highest BCUT2D eigenvalue weighted by Crippen LogP contribution is 2.54. The van der Waals surface area contributed by atoms with Gasteiger partial charge in [0, 0.05) is 11.8 Å². The van der Waals surface area contributed by atoms with Crippen molar-refractivity contribution in [2.24, 2.45) is 17.3 Å².